The molecule has 110 valence electrons. The molecule has 2 amide bonds. The van der Waals surface area contributed by atoms with Crippen LogP contribution in [0, 0.1) is 0 Å². The molecule has 0 aliphatic carbocycles. The van der Waals surface area contributed by atoms with Crippen molar-refractivity contribution in [3.05, 3.63) is 0 Å². The average molecular weight is 278 g/mol. The monoisotopic (exact) mass is 278 g/mol. The minimum Gasteiger partial charge on any atom is -0.481 e. The molecule has 0 heterocycles. The first-order valence-electron chi connectivity index (χ1n) is 5.64. The Morgan fingerprint density at radius 2 is 1.58 bits per heavy atom. The van der Waals surface area contributed by atoms with E-state index in [1.54, 1.807) is 0 Å². The van der Waals surface area contributed by atoms with E-state index >= 15 is 0 Å². The minimum absolute atomic E-state index is 0.0579. The highest BCUT2D eigenvalue weighted by molar-refractivity contribution is 5.83. The summed E-state index contributed by atoms with van der Waals surface area (Å²) < 4.78 is 0. The van der Waals surface area contributed by atoms with E-state index in [9.17, 15) is 14.4 Å². The molecule has 0 aromatic carbocycles. The molecular formula is C10H18N2O7. The first-order chi connectivity index (χ1) is 8.92. The van der Waals surface area contributed by atoms with Crippen LogP contribution in [-0.2, 0) is 9.59 Å². The lowest BCUT2D eigenvalue weighted by atomic mass is 10.1. The third-order valence-electron chi connectivity index (χ3n) is 2.27. The number of carboxylic acids is 2. The molecule has 0 saturated heterocycles. The molecule has 19 heavy (non-hydrogen) atoms. The summed E-state index contributed by atoms with van der Waals surface area (Å²) in [5, 5.41) is 36.9. The first-order valence-corrected chi connectivity index (χ1v) is 5.64. The number of rotatable bonds is 9. The van der Waals surface area contributed by atoms with E-state index in [2.05, 4.69) is 5.32 Å². The number of carbonyl (C=O) groups is 3. The quantitative estimate of drug-likeness (QED) is 0.337. The number of aliphatic hydroxyl groups is 2. The number of amides is 2. The molecule has 5 N–H and O–H groups in total. The lowest BCUT2D eigenvalue weighted by molar-refractivity contribution is -0.140. The molecule has 0 bridgehead atoms. The lowest BCUT2D eigenvalue weighted by Crippen LogP contribution is -2.49. The maximum absolute atomic E-state index is 11.7. The zero-order chi connectivity index (χ0) is 14.8. The second-order valence-electron chi connectivity index (χ2n) is 3.71. The number of carboxylic acid groups (broad SMARTS) is 2. The standard InChI is InChI=1S/C10H18N2O7/c13-5-3-12(4-6-14)10(19)11-7(9(17)18)1-2-8(15)16/h7,13-14H,1-6H2,(H,11,19)(H,15,16)(H,17,18)/t7-/m0/s1. The van der Waals surface area contributed by atoms with Crippen LogP contribution in [0.2, 0.25) is 0 Å². The fraction of sp³-hybridized carbons (Fsp3) is 0.700. The van der Waals surface area contributed by atoms with Crippen molar-refractivity contribution >= 4 is 18.0 Å². The van der Waals surface area contributed by atoms with Crippen molar-refractivity contribution in [1.82, 2.24) is 10.2 Å². The number of hydrogen-bond acceptors (Lipinski definition) is 5. The van der Waals surface area contributed by atoms with Gasteiger partial charge in [-0.3, -0.25) is 4.79 Å². The van der Waals surface area contributed by atoms with Crippen molar-refractivity contribution in [2.75, 3.05) is 26.3 Å². The highest BCUT2D eigenvalue weighted by Crippen LogP contribution is 2.00. The van der Waals surface area contributed by atoms with Crippen molar-refractivity contribution in [2.45, 2.75) is 18.9 Å². The first kappa shape index (κ1) is 17.1. The second-order valence-corrected chi connectivity index (χ2v) is 3.71. The number of aliphatic hydroxyl groups excluding tert-OH is 2. The van der Waals surface area contributed by atoms with Crippen LogP contribution in [0.4, 0.5) is 4.79 Å². The summed E-state index contributed by atoms with van der Waals surface area (Å²) in [6.45, 7) is -0.782. The topological polar surface area (TPSA) is 147 Å². The van der Waals surface area contributed by atoms with Gasteiger partial charge in [0.25, 0.3) is 0 Å². The van der Waals surface area contributed by atoms with Crippen LogP contribution >= 0.6 is 0 Å². The van der Waals surface area contributed by atoms with Crippen LogP contribution in [0.3, 0.4) is 0 Å². The summed E-state index contributed by atoms with van der Waals surface area (Å²) >= 11 is 0. The van der Waals surface area contributed by atoms with Crippen molar-refractivity contribution < 1.29 is 34.8 Å². The zero-order valence-corrected chi connectivity index (χ0v) is 10.3. The van der Waals surface area contributed by atoms with Gasteiger partial charge in [-0.05, 0) is 6.42 Å². The Labute approximate surface area is 109 Å². The molecule has 0 radical (unpaired) electrons. The van der Waals surface area contributed by atoms with Crippen LogP contribution in [0.1, 0.15) is 12.8 Å². The summed E-state index contributed by atoms with van der Waals surface area (Å²) in [7, 11) is 0. The lowest BCUT2D eigenvalue weighted by Gasteiger charge is -2.23. The van der Waals surface area contributed by atoms with Gasteiger partial charge in [-0.1, -0.05) is 0 Å². The molecular weight excluding hydrogens is 260 g/mol. The van der Waals surface area contributed by atoms with Gasteiger partial charge < -0.3 is 30.6 Å². The van der Waals surface area contributed by atoms with E-state index in [1.807, 2.05) is 0 Å². The molecule has 0 fully saturated rings. The van der Waals surface area contributed by atoms with Gasteiger partial charge in [0.1, 0.15) is 6.04 Å². The zero-order valence-electron chi connectivity index (χ0n) is 10.3. The van der Waals surface area contributed by atoms with Crippen molar-refractivity contribution in [3.63, 3.8) is 0 Å². The van der Waals surface area contributed by atoms with Crippen molar-refractivity contribution in [1.29, 1.82) is 0 Å². The molecule has 9 nitrogen and oxygen atoms in total. The molecule has 0 aromatic rings. The fourth-order valence-corrected chi connectivity index (χ4v) is 1.32. The summed E-state index contributed by atoms with van der Waals surface area (Å²) in [6, 6.07) is -2.11. The van der Waals surface area contributed by atoms with E-state index in [1.165, 1.54) is 0 Å². The van der Waals surface area contributed by atoms with Gasteiger partial charge in [0, 0.05) is 19.5 Å². The molecule has 0 aliphatic rings. The van der Waals surface area contributed by atoms with Crippen LogP contribution < -0.4 is 5.32 Å². The van der Waals surface area contributed by atoms with Gasteiger partial charge >= 0.3 is 18.0 Å². The van der Waals surface area contributed by atoms with E-state index in [0.717, 1.165) is 4.90 Å². The summed E-state index contributed by atoms with van der Waals surface area (Å²) in [4.78, 5) is 33.9. The Morgan fingerprint density at radius 1 is 1.05 bits per heavy atom. The molecule has 0 saturated carbocycles. The maximum Gasteiger partial charge on any atom is 0.326 e. The Kier molecular flexibility index (Phi) is 8.22. The Bertz CT molecular complexity index is 315. The molecule has 0 aromatic heterocycles. The molecule has 0 aliphatic heterocycles. The molecule has 9 heteroatoms. The number of urea groups is 1. The Morgan fingerprint density at radius 3 is 1.95 bits per heavy atom. The van der Waals surface area contributed by atoms with Gasteiger partial charge in [-0.15, -0.1) is 0 Å². The Hall–Kier alpha value is -1.87. The normalized spacial score (nSPS) is 11.7. The molecule has 0 unspecified atom stereocenters. The van der Waals surface area contributed by atoms with Crippen LogP contribution in [0.25, 0.3) is 0 Å². The van der Waals surface area contributed by atoms with E-state index in [4.69, 9.17) is 20.4 Å². The number of nitrogens with one attached hydrogen (secondary N) is 1. The number of hydrogen-bond donors (Lipinski definition) is 5. The molecule has 0 rings (SSSR count). The van der Waals surface area contributed by atoms with Crippen molar-refractivity contribution in [2.24, 2.45) is 0 Å². The Balaban J connectivity index is 4.49. The van der Waals surface area contributed by atoms with E-state index in [-0.39, 0.29) is 32.7 Å². The summed E-state index contributed by atoms with van der Waals surface area (Å²) in [6.07, 6.45) is -0.639. The van der Waals surface area contributed by atoms with Crippen LogP contribution in [0.5, 0.6) is 0 Å². The summed E-state index contributed by atoms with van der Waals surface area (Å²) in [5.41, 5.74) is 0. The van der Waals surface area contributed by atoms with Gasteiger partial charge in [-0.2, -0.15) is 0 Å². The highest BCUT2D eigenvalue weighted by Gasteiger charge is 2.23. The van der Waals surface area contributed by atoms with E-state index in [0.29, 0.717) is 0 Å². The average Bonchev–Trinajstić information content (AvgIpc) is 2.33. The highest BCUT2D eigenvalue weighted by atomic mass is 16.4. The fourth-order valence-electron chi connectivity index (χ4n) is 1.32. The van der Waals surface area contributed by atoms with Crippen LogP contribution in [0.15, 0.2) is 0 Å². The van der Waals surface area contributed by atoms with E-state index < -0.39 is 30.4 Å². The van der Waals surface area contributed by atoms with Crippen molar-refractivity contribution in [3.8, 4) is 0 Å². The van der Waals surface area contributed by atoms with Gasteiger partial charge in [0.05, 0.1) is 13.2 Å². The number of carbonyl (C=O) groups excluding carboxylic acids is 1. The smallest absolute Gasteiger partial charge is 0.326 e. The predicted octanol–water partition coefficient (Wildman–Crippen LogP) is -1.70. The maximum atomic E-state index is 11.7. The second kappa shape index (κ2) is 9.11. The van der Waals surface area contributed by atoms with Crippen LogP contribution in [-0.4, -0.2) is 75.6 Å². The van der Waals surface area contributed by atoms with Gasteiger partial charge in [0.15, 0.2) is 0 Å². The number of aliphatic carboxylic acids is 2. The SMILES string of the molecule is O=C(O)CC[C@H](NC(=O)N(CCO)CCO)C(=O)O. The third kappa shape index (κ3) is 7.21. The summed E-state index contributed by atoms with van der Waals surface area (Å²) in [5.74, 6) is -2.51. The molecule has 0 spiro atoms. The number of nitrogens with zero attached hydrogens (tertiary/aromatic N) is 1. The van der Waals surface area contributed by atoms with Gasteiger partial charge in [-0.25, -0.2) is 9.59 Å². The van der Waals surface area contributed by atoms with Gasteiger partial charge in [0.2, 0.25) is 0 Å². The predicted molar refractivity (Wildman–Crippen MR) is 62.6 cm³/mol. The molecule has 1 atom stereocenters. The third-order valence-corrected chi connectivity index (χ3v) is 2.27. The minimum atomic E-state index is -1.34. The largest absolute Gasteiger partial charge is 0.481 e.